The van der Waals surface area contributed by atoms with Crippen LogP contribution in [0.5, 0.6) is 0 Å². The quantitative estimate of drug-likeness (QED) is 0.364. The topological polar surface area (TPSA) is 104 Å². The molecule has 0 unspecified atom stereocenters. The second-order valence-corrected chi connectivity index (χ2v) is 8.21. The number of aromatic nitrogens is 4. The van der Waals surface area contributed by atoms with E-state index < -0.39 is 6.10 Å². The molecule has 1 aromatic carbocycles. The molecule has 2 aromatic heterocycles. The first kappa shape index (κ1) is 21.3. The van der Waals surface area contributed by atoms with Crippen LogP contribution in [0.15, 0.2) is 23.1 Å². The van der Waals surface area contributed by atoms with Crippen LogP contribution in [0.2, 0.25) is 0 Å². The smallest absolute Gasteiger partial charge is 0.249 e. The van der Waals surface area contributed by atoms with Gasteiger partial charge in [-0.1, -0.05) is 13.8 Å². The van der Waals surface area contributed by atoms with E-state index in [1.807, 2.05) is 31.4 Å². The van der Waals surface area contributed by atoms with Gasteiger partial charge < -0.3 is 15.7 Å². The number of carbonyl (C=O) groups is 1. The number of nitrogens with zero attached hydrogens (tertiary/aromatic N) is 4. The van der Waals surface area contributed by atoms with E-state index in [1.54, 1.807) is 11.8 Å². The molecule has 0 fully saturated rings. The molecule has 0 spiro atoms. The zero-order valence-electron chi connectivity index (χ0n) is 17.3. The SMILES string of the molecule is CSc1ccc2c(c1)nc(NCCCCNC(=O)[C@@H](O)C(C)C)c1nnc(C)n12. The second-order valence-electron chi connectivity index (χ2n) is 7.34. The lowest BCUT2D eigenvalue weighted by molar-refractivity contribution is -0.131. The lowest BCUT2D eigenvalue weighted by Gasteiger charge is -2.14. The van der Waals surface area contributed by atoms with Gasteiger partial charge in [0, 0.05) is 18.0 Å². The van der Waals surface area contributed by atoms with Crippen LogP contribution in [0.25, 0.3) is 16.7 Å². The number of hydrogen-bond donors (Lipinski definition) is 3. The van der Waals surface area contributed by atoms with Crippen LogP contribution < -0.4 is 10.6 Å². The van der Waals surface area contributed by atoms with Gasteiger partial charge in [-0.3, -0.25) is 9.20 Å². The van der Waals surface area contributed by atoms with E-state index in [0.717, 1.165) is 34.6 Å². The fraction of sp³-hybridized carbons (Fsp3) is 0.500. The molecule has 156 valence electrons. The summed E-state index contributed by atoms with van der Waals surface area (Å²) in [5, 5.41) is 24.3. The van der Waals surface area contributed by atoms with Gasteiger partial charge in [-0.2, -0.15) is 0 Å². The maximum absolute atomic E-state index is 11.8. The van der Waals surface area contributed by atoms with Crippen molar-refractivity contribution in [3.05, 3.63) is 24.0 Å². The molecular formula is C20H28N6O2S. The number of rotatable bonds is 9. The highest BCUT2D eigenvalue weighted by Crippen LogP contribution is 2.25. The van der Waals surface area contributed by atoms with E-state index in [4.69, 9.17) is 4.98 Å². The summed E-state index contributed by atoms with van der Waals surface area (Å²) in [7, 11) is 0. The van der Waals surface area contributed by atoms with E-state index >= 15 is 0 Å². The molecule has 0 aliphatic heterocycles. The van der Waals surface area contributed by atoms with E-state index in [2.05, 4.69) is 39.0 Å². The molecule has 3 aromatic rings. The van der Waals surface area contributed by atoms with Crippen LogP contribution in [0, 0.1) is 12.8 Å². The Labute approximate surface area is 174 Å². The van der Waals surface area contributed by atoms with E-state index in [0.29, 0.717) is 24.6 Å². The van der Waals surface area contributed by atoms with E-state index in [-0.39, 0.29) is 11.8 Å². The third kappa shape index (κ3) is 4.79. The number of thioether (sulfide) groups is 1. The zero-order valence-corrected chi connectivity index (χ0v) is 18.1. The van der Waals surface area contributed by atoms with Crippen molar-refractivity contribution < 1.29 is 9.90 Å². The standard InChI is InChI=1S/C20H28N6O2S/c1-12(2)17(27)20(28)22-10-6-5-9-21-18-19-25-24-13(3)26(19)16-8-7-14(29-4)11-15(16)23-18/h7-8,11-12,17,27H,5-6,9-10H2,1-4H3,(H,21,23)(H,22,28)/t17-/m0/s1. The molecule has 0 saturated carbocycles. The molecular weight excluding hydrogens is 388 g/mol. The summed E-state index contributed by atoms with van der Waals surface area (Å²) in [6.45, 7) is 6.80. The summed E-state index contributed by atoms with van der Waals surface area (Å²) in [6, 6.07) is 6.19. The van der Waals surface area contributed by atoms with Crippen molar-refractivity contribution in [1.29, 1.82) is 0 Å². The minimum absolute atomic E-state index is 0.0868. The van der Waals surface area contributed by atoms with Crippen LogP contribution in [0.3, 0.4) is 0 Å². The van der Waals surface area contributed by atoms with Crippen LogP contribution in [0.1, 0.15) is 32.5 Å². The molecule has 0 radical (unpaired) electrons. The summed E-state index contributed by atoms with van der Waals surface area (Å²) in [4.78, 5) is 17.7. The number of fused-ring (bicyclic) bond motifs is 3. The molecule has 29 heavy (non-hydrogen) atoms. The Kier molecular flexibility index (Phi) is 6.92. The van der Waals surface area contributed by atoms with E-state index in [9.17, 15) is 9.90 Å². The first-order chi connectivity index (χ1) is 13.9. The van der Waals surface area contributed by atoms with Gasteiger partial charge in [0.1, 0.15) is 11.9 Å². The molecule has 0 saturated heterocycles. The number of anilines is 1. The molecule has 3 N–H and O–H groups in total. The molecule has 8 nitrogen and oxygen atoms in total. The molecule has 0 bridgehead atoms. The lowest BCUT2D eigenvalue weighted by atomic mass is 10.1. The number of unbranched alkanes of at least 4 members (excludes halogenated alkanes) is 1. The number of hydrogen-bond acceptors (Lipinski definition) is 7. The average molecular weight is 417 g/mol. The Morgan fingerprint density at radius 2 is 2.00 bits per heavy atom. The summed E-state index contributed by atoms with van der Waals surface area (Å²) < 4.78 is 2.02. The first-order valence-electron chi connectivity index (χ1n) is 9.81. The number of nitrogens with one attached hydrogen (secondary N) is 2. The van der Waals surface area contributed by atoms with Gasteiger partial charge in [0.2, 0.25) is 11.6 Å². The molecule has 1 atom stereocenters. The third-order valence-corrected chi connectivity index (χ3v) is 5.51. The summed E-state index contributed by atoms with van der Waals surface area (Å²) in [5.74, 6) is 1.13. The minimum atomic E-state index is -0.953. The largest absolute Gasteiger partial charge is 0.383 e. The average Bonchev–Trinajstić information content (AvgIpc) is 3.11. The second kappa shape index (κ2) is 9.41. The third-order valence-electron chi connectivity index (χ3n) is 4.79. The highest BCUT2D eigenvalue weighted by atomic mass is 32.2. The van der Waals surface area contributed by atoms with Gasteiger partial charge in [-0.15, -0.1) is 22.0 Å². The fourth-order valence-corrected chi connectivity index (χ4v) is 3.51. The van der Waals surface area contributed by atoms with E-state index in [1.165, 1.54) is 0 Å². The van der Waals surface area contributed by atoms with Gasteiger partial charge in [0.25, 0.3) is 0 Å². The Morgan fingerprint density at radius 1 is 1.24 bits per heavy atom. The van der Waals surface area contributed by atoms with Crippen LogP contribution in [0.4, 0.5) is 5.82 Å². The van der Waals surface area contributed by atoms with Crippen LogP contribution >= 0.6 is 11.8 Å². The molecule has 1 amide bonds. The van der Waals surface area contributed by atoms with Crippen molar-refractivity contribution in [2.24, 2.45) is 5.92 Å². The maximum atomic E-state index is 11.8. The molecule has 9 heteroatoms. The van der Waals surface area contributed by atoms with Gasteiger partial charge in [-0.05, 0) is 50.1 Å². The highest BCUT2D eigenvalue weighted by Gasteiger charge is 2.18. The number of aliphatic hydroxyl groups excluding tert-OH is 1. The normalized spacial score (nSPS) is 12.6. The number of benzene rings is 1. The van der Waals surface area contributed by atoms with Crippen molar-refractivity contribution in [2.75, 3.05) is 24.7 Å². The van der Waals surface area contributed by atoms with Gasteiger partial charge in [0.15, 0.2) is 5.82 Å². The summed E-state index contributed by atoms with van der Waals surface area (Å²) >= 11 is 1.68. The van der Waals surface area contributed by atoms with Crippen molar-refractivity contribution in [2.45, 2.75) is 44.6 Å². The number of aryl methyl sites for hydroxylation is 1. The molecule has 3 rings (SSSR count). The van der Waals surface area contributed by atoms with Crippen LogP contribution in [-0.2, 0) is 4.79 Å². The summed E-state index contributed by atoms with van der Waals surface area (Å²) in [5.41, 5.74) is 2.59. The zero-order chi connectivity index (χ0) is 21.0. The Morgan fingerprint density at radius 3 is 2.72 bits per heavy atom. The van der Waals surface area contributed by atoms with Gasteiger partial charge >= 0.3 is 0 Å². The van der Waals surface area contributed by atoms with Crippen molar-refractivity contribution in [1.82, 2.24) is 24.9 Å². The number of amides is 1. The Bertz CT molecular complexity index is 1000. The maximum Gasteiger partial charge on any atom is 0.249 e. The van der Waals surface area contributed by atoms with Gasteiger partial charge in [-0.25, -0.2) is 4.98 Å². The predicted molar refractivity (Wildman–Crippen MR) is 116 cm³/mol. The fourth-order valence-electron chi connectivity index (χ4n) is 3.08. The number of aliphatic hydroxyl groups is 1. The monoisotopic (exact) mass is 416 g/mol. The highest BCUT2D eigenvalue weighted by molar-refractivity contribution is 7.98. The molecule has 0 aliphatic carbocycles. The van der Waals surface area contributed by atoms with Crippen LogP contribution in [-0.4, -0.2) is 56.0 Å². The van der Waals surface area contributed by atoms with Gasteiger partial charge in [0.05, 0.1) is 11.0 Å². The Hall–Kier alpha value is -2.39. The Balaban J connectivity index is 1.63. The van der Waals surface area contributed by atoms with Crippen molar-refractivity contribution >= 4 is 40.2 Å². The summed E-state index contributed by atoms with van der Waals surface area (Å²) in [6.07, 6.45) is 2.74. The molecule has 2 heterocycles. The minimum Gasteiger partial charge on any atom is -0.383 e. The lowest BCUT2D eigenvalue weighted by Crippen LogP contribution is -2.38. The first-order valence-corrected chi connectivity index (χ1v) is 11.0. The van der Waals surface area contributed by atoms with Crippen molar-refractivity contribution in [3.8, 4) is 0 Å². The predicted octanol–water partition coefficient (Wildman–Crippen LogP) is 2.63. The van der Waals surface area contributed by atoms with Crippen molar-refractivity contribution in [3.63, 3.8) is 0 Å². The number of carbonyl (C=O) groups excluding carboxylic acids is 1. The molecule has 0 aliphatic rings.